The van der Waals surface area contributed by atoms with Crippen LogP contribution < -0.4 is 10.6 Å². The third-order valence-corrected chi connectivity index (χ3v) is 4.00. The Morgan fingerprint density at radius 3 is 2.95 bits per heavy atom. The van der Waals surface area contributed by atoms with Gasteiger partial charge in [-0.1, -0.05) is 0 Å². The molecule has 0 radical (unpaired) electrons. The first-order valence-electron chi connectivity index (χ1n) is 7.69. The van der Waals surface area contributed by atoms with Crippen LogP contribution in [0.25, 0.3) is 0 Å². The number of hydrogen-bond acceptors (Lipinski definition) is 4. The van der Waals surface area contributed by atoms with E-state index in [4.69, 9.17) is 0 Å². The molecule has 1 atom stereocenters. The van der Waals surface area contributed by atoms with E-state index in [-0.39, 0.29) is 5.91 Å². The molecule has 1 aliphatic heterocycles. The number of carbonyl (C=O) groups excluding carboxylic acids is 1. The van der Waals surface area contributed by atoms with Gasteiger partial charge in [-0.25, -0.2) is 9.97 Å². The molecule has 7 heteroatoms. The summed E-state index contributed by atoms with van der Waals surface area (Å²) in [4.78, 5) is 27.3. The number of aryl methyl sites for hydroxylation is 2. The van der Waals surface area contributed by atoms with Gasteiger partial charge in [0.25, 0.3) is 5.91 Å². The molecule has 0 bridgehead atoms. The maximum atomic E-state index is 12.3. The van der Waals surface area contributed by atoms with Crippen molar-refractivity contribution in [2.24, 2.45) is 0 Å². The maximum absolute atomic E-state index is 12.3. The molecule has 0 unspecified atom stereocenters. The molecule has 3 heterocycles. The summed E-state index contributed by atoms with van der Waals surface area (Å²) in [5, 5.41) is 6.25. The van der Waals surface area contributed by atoms with E-state index in [2.05, 4.69) is 30.6 Å². The molecule has 7 nitrogen and oxygen atoms in total. The second kappa shape index (κ2) is 6.31. The molecule has 0 aromatic carbocycles. The summed E-state index contributed by atoms with van der Waals surface area (Å²) in [7, 11) is 0. The second-order valence-electron chi connectivity index (χ2n) is 5.82. The third kappa shape index (κ3) is 3.19. The summed E-state index contributed by atoms with van der Waals surface area (Å²) >= 11 is 0. The third-order valence-electron chi connectivity index (χ3n) is 4.00. The van der Waals surface area contributed by atoms with E-state index >= 15 is 0 Å². The normalized spacial score (nSPS) is 18.4. The Hall–Kier alpha value is -2.15. The first-order chi connectivity index (χ1) is 10.6. The molecule has 118 valence electrons. The summed E-state index contributed by atoms with van der Waals surface area (Å²) < 4.78 is 0. The highest BCUT2D eigenvalue weighted by atomic mass is 16.1. The largest absolute Gasteiger partial charge is 0.345 e. The molecular formula is C15H22N6O. The number of piperidine rings is 1. The van der Waals surface area contributed by atoms with Crippen molar-refractivity contribution in [3.05, 3.63) is 34.9 Å². The molecule has 0 spiro atoms. The van der Waals surface area contributed by atoms with Crippen LogP contribution in [0.15, 0.2) is 6.20 Å². The Kier molecular flexibility index (Phi) is 4.24. The molecule has 4 N–H and O–H groups in total. The average molecular weight is 302 g/mol. The Labute approximate surface area is 129 Å². The molecular weight excluding hydrogens is 280 g/mol. The highest BCUT2D eigenvalue weighted by molar-refractivity contribution is 5.93. The van der Waals surface area contributed by atoms with E-state index in [1.807, 2.05) is 13.8 Å². The number of amides is 1. The van der Waals surface area contributed by atoms with Gasteiger partial charge in [-0.2, -0.15) is 0 Å². The molecule has 0 saturated carbocycles. The van der Waals surface area contributed by atoms with Crippen LogP contribution in [0.5, 0.6) is 0 Å². The Morgan fingerprint density at radius 2 is 2.27 bits per heavy atom. The van der Waals surface area contributed by atoms with Crippen LogP contribution in [0.4, 0.5) is 0 Å². The molecule has 1 saturated heterocycles. The quantitative estimate of drug-likeness (QED) is 0.681. The lowest BCUT2D eigenvalue weighted by atomic mass is 9.99. The zero-order valence-corrected chi connectivity index (χ0v) is 13.0. The summed E-state index contributed by atoms with van der Waals surface area (Å²) in [5.74, 6) is 1.96. The lowest BCUT2D eigenvalue weighted by Crippen LogP contribution is -2.29. The molecule has 1 amide bonds. The van der Waals surface area contributed by atoms with Gasteiger partial charge in [0.2, 0.25) is 0 Å². The fourth-order valence-corrected chi connectivity index (χ4v) is 2.80. The van der Waals surface area contributed by atoms with Gasteiger partial charge in [-0.05, 0) is 33.2 Å². The van der Waals surface area contributed by atoms with Gasteiger partial charge < -0.3 is 20.6 Å². The number of aromatic nitrogens is 4. The number of rotatable bonds is 4. The van der Waals surface area contributed by atoms with Gasteiger partial charge in [-0.15, -0.1) is 0 Å². The molecule has 22 heavy (non-hydrogen) atoms. The molecule has 1 fully saturated rings. The Morgan fingerprint density at radius 1 is 1.41 bits per heavy atom. The van der Waals surface area contributed by atoms with Crippen LogP contribution in [0.3, 0.4) is 0 Å². The summed E-state index contributed by atoms with van der Waals surface area (Å²) in [6, 6.07) is 0. The van der Waals surface area contributed by atoms with Crippen LogP contribution in [0.2, 0.25) is 0 Å². The minimum atomic E-state index is -0.156. The van der Waals surface area contributed by atoms with Gasteiger partial charge in [0.1, 0.15) is 17.3 Å². The van der Waals surface area contributed by atoms with Crippen molar-refractivity contribution in [3.63, 3.8) is 0 Å². The van der Waals surface area contributed by atoms with Crippen LogP contribution in [-0.2, 0) is 6.54 Å². The standard InChI is InChI=1S/C15H22N6O/c1-9-13(15(22)18-8-12-7-17-10(2)20-12)21-14(19-9)11-4-3-5-16-6-11/h7,11,16H,3-6,8H2,1-2H3,(H,17,20)(H,18,22)(H,19,21)/t11-/m0/s1. The van der Waals surface area contributed by atoms with E-state index in [0.717, 1.165) is 49.0 Å². The zero-order chi connectivity index (χ0) is 15.5. The minimum absolute atomic E-state index is 0.156. The van der Waals surface area contributed by atoms with Crippen LogP contribution in [0, 0.1) is 13.8 Å². The average Bonchev–Trinajstić information content (AvgIpc) is 3.12. The Balaban J connectivity index is 1.65. The summed E-state index contributed by atoms with van der Waals surface area (Å²) in [5.41, 5.74) is 2.19. The number of hydrogen-bond donors (Lipinski definition) is 4. The number of nitrogens with one attached hydrogen (secondary N) is 4. The number of nitrogens with zero attached hydrogens (tertiary/aromatic N) is 2. The molecule has 3 rings (SSSR count). The van der Waals surface area contributed by atoms with Crippen molar-refractivity contribution < 1.29 is 4.79 Å². The van der Waals surface area contributed by atoms with Crippen LogP contribution in [-0.4, -0.2) is 38.9 Å². The lowest BCUT2D eigenvalue weighted by Gasteiger charge is -2.20. The number of H-pyrrole nitrogens is 2. The smallest absolute Gasteiger partial charge is 0.272 e. The Bertz CT molecular complexity index is 653. The fraction of sp³-hybridized carbons (Fsp3) is 0.533. The van der Waals surface area contributed by atoms with Gasteiger partial charge in [0, 0.05) is 18.2 Å². The van der Waals surface area contributed by atoms with Gasteiger partial charge in [0.05, 0.1) is 18.4 Å². The van der Waals surface area contributed by atoms with E-state index in [0.29, 0.717) is 18.2 Å². The number of carbonyl (C=O) groups is 1. The second-order valence-corrected chi connectivity index (χ2v) is 5.82. The van der Waals surface area contributed by atoms with Crippen molar-refractivity contribution >= 4 is 5.91 Å². The lowest BCUT2D eigenvalue weighted by molar-refractivity contribution is 0.0945. The molecule has 2 aromatic heterocycles. The molecule has 0 aliphatic carbocycles. The number of aromatic amines is 2. The highest BCUT2D eigenvalue weighted by Gasteiger charge is 2.22. The van der Waals surface area contributed by atoms with E-state index in [1.165, 1.54) is 0 Å². The van der Waals surface area contributed by atoms with E-state index < -0.39 is 0 Å². The predicted molar refractivity (Wildman–Crippen MR) is 82.7 cm³/mol. The van der Waals surface area contributed by atoms with Crippen LogP contribution >= 0.6 is 0 Å². The zero-order valence-electron chi connectivity index (χ0n) is 13.0. The van der Waals surface area contributed by atoms with Crippen molar-refractivity contribution in [3.8, 4) is 0 Å². The minimum Gasteiger partial charge on any atom is -0.345 e. The molecule has 2 aromatic rings. The van der Waals surface area contributed by atoms with Crippen molar-refractivity contribution in [1.82, 2.24) is 30.6 Å². The summed E-state index contributed by atoms with van der Waals surface area (Å²) in [6.07, 6.45) is 3.98. The van der Waals surface area contributed by atoms with Gasteiger partial charge in [-0.3, -0.25) is 4.79 Å². The van der Waals surface area contributed by atoms with Gasteiger partial charge in [0.15, 0.2) is 0 Å². The monoisotopic (exact) mass is 302 g/mol. The van der Waals surface area contributed by atoms with Crippen molar-refractivity contribution in [2.75, 3.05) is 13.1 Å². The summed E-state index contributed by atoms with van der Waals surface area (Å²) in [6.45, 7) is 6.18. The SMILES string of the molecule is Cc1ncc(CNC(=O)c2nc([C@H]3CCCNC3)[nH]c2C)[nH]1. The van der Waals surface area contributed by atoms with Crippen LogP contribution in [0.1, 0.15) is 52.3 Å². The first kappa shape index (κ1) is 14.8. The van der Waals surface area contributed by atoms with Crippen molar-refractivity contribution in [1.29, 1.82) is 0 Å². The first-order valence-corrected chi connectivity index (χ1v) is 7.69. The maximum Gasteiger partial charge on any atom is 0.272 e. The topological polar surface area (TPSA) is 98.5 Å². The predicted octanol–water partition coefficient (Wildman–Crippen LogP) is 1.15. The number of imidazole rings is 2. The fourth-order valence-electron chi connectivity index (χ4n) is 2.80. The van der Waals surface area contributed by atoms with E-state index in [9.17, 15) is 4.79 Å². The van der Waals surface area contributed by atoms with Gasteiger partial charge >= 0.3 is 0 Å². The highest BCUT2D eigenvalue weighted by Crippen LogP contribution is 2.21. The van der Waals surface area contributed by atoms with Crippen molar-refractivity contribution in [2.45, 2.75) is 39.2 Å². The molecule has 1 aliphatic rings. The van der Waals surface area contributed by atoms with E-state index in [1.54, 1.807) is 6.20 Å².